The Hall–Kier alpha value is -5.02. The Labute approximate surface area is 338 Å². The van der Waals surface area contributed by atoms with Gasteiger partial charge in [0.2, 0.25) is 26.4 Å². The second kappa shape index (κ2) is 17.5. The number of ether oxygens (including phenoxy) is 1. The van der Waals surface area contributed by atoms with Crippen molar-refractivity contribution in [2.45, 2.75) is 77.4 Å². The van der Waals surface area contributed by atoms with Crippen molar-refractivity contribution < 1.29 is 31.6 Å². The maximum absolute atomic E-state index is 12.4. The van der Waals surface area contributed by atoms with E-state index in [1.807, 2.05) is 0 Å². The van der Waals surface area contributed by atoms with Crippen LogP contribution >= 0.6 is 23.4 Å². The minimum Gasteiger partial charge on any atom is -0.393 e. The Morgan fingerprint density at radius 3 is 2.57 bits per heavy atom. The zero-order valence-electron chi connectivity index (χ0n) is 30.6. The van der Waals surface area contributed by atoms with Crippen molar-refractivity contribution in [2.24, 2.45) is 18.1 Å². The van der Waals surface area contributed by atoms with Crippen molar-refractivity contribution >= 4 is 66.1 Å². The molecule has 1 fully saturated rings. The van der Waals surface area contributed by atoms with Gasteiger partial charge >= 0.3 is 11.5 Å². The number of primary sulfonamides is 1. The van der Waals surface area contributed by atoms with Gasteiger partial charge in [0, 0.05) is 18.8 Å². The third-order valence-corrected chi connectivity index (χ3v) is 13.2. The number of fused-ring (bicyclic) bond motifs is 2. The number of rotatable bonds is 8. The molecule has 0 amide bonds. The number of sulfonamides is 2. The molecule has 1 unspecified atom stereocenters. The summed E-state index contributed by atoms with van der Waals surface area (Å²) in [6.07, 6.45) is 12.9. The maximum Gasteiger partial charge on any atom is 0.396 e. The number of imidazole rings is 2. The molecule has 4 aromatic heterocycles. The number of benzene rings is 1. The van der Waals surface area contributed by atoms with Crippen molar-refractivity contribution in [3.8, 4) is 0 Å². The number of aryl methyl sites for hydroxylation is 2. The number of aliphatic hydroxyl groups is 1. The summed E-state index contributed by atoms with van der Waals surface area (Å²) in [5.74, 6) is 0.287. The average molecular weight is 881 g/mol. The van der Waals surface area contributed by atoms with Crippen LogP contribution in [0.25, 0.3) is 11.2 Å². The molecular formula is C32H37ClN12O10S3. The quantitative estimate of drug-likeness (QED) is 0.0562. The molecular weight excluding hydrogens is 844 g/mol. The molecule has 310 valence electrons. The number of nitrogens with one attached hydrogen (secondary N) is 4. The monoisotopic (exact) mass is 880 g/mol. The standard InChI is InChI=1S/C13H18ClN3O4S2.C10H12N2O4.C9H7N7O2S/c14-9-6-10-12(7-11(9)22(15,18)19)23(20,21)17-13(16-10)5-8-3-1-2-4-8;1-6-4-12(10(15)11-9(6)14)8-3-2-7(5-13)16-8;1-15-4-14-7(16(17)18)9(15)19-8-5-6(11-2-10-5)12-3-13-8/h6-8,13,16-17H,1-5H2,(H2,15,18,19);2-4,7-8,13H,5H2,1H3,(H,11,14,15);2-4H,1H3,(H,10,11,12,13)/t;7-,8+;/m.0./s1. The predicted octanol–water partition coefficient (Wildman–Crippen LogP) is 2.03. The van der Waals surface area contributed by atoms with E-state index < -0.39 is 59.6 Å². The number of anilines is 1. The van der Waals surface area contributed by atoms with Crippen molar-refractivity contribution in [2.75, 3.05) is 11.9 Å². The third kappa shape index (κ3) is 9.63. The van der Waals surface area contributed by atoms with Crippen LogP contribution in [-0.4, -0.2) is 84.8 Å². The van der Waals surface area contributed by atoms with Gasteiger partial charge in [-0.05, 0) is 59.1 Å². The molecule has 22 nitrogen and oxygen atoms in total. The number of H-pyrrole nitrogens is 2. The Morgan fingerprint density at radius 1 is 1.16 bits per heavy atom. The highest BCUT2D eigenvalue weighted by atomic mass is 35.5. The van der Waals surface area contributed by atoms with E-state index >= 15 is 0 Å². The molecule has 58 heavy (non-hydrogen) atoms. The van der Waals surface area contributed by atoms with Gasteiger partial charge in [0.05, 0.1) is 29.8 Å². The van der Waals surface area contributed by atoms with E-state index in [2.05, 4.69) is 39.9 Å². The molecule has 8 rings (SSSR count). The number of aromatic amines is 2. The molecule has 3 atom stereocenters. The molecule has 0 bridgehead atoms. The first-order valence-electron chi connectivity index (χ1n) is 17.3. The summed E-state index contributed by atoms with van der Waals surface area (Å²) in [6.45, 7) is 1.47. The van der Waals surface area contributed by atoms with Crippen LogP contribution in [0.2, 0.25) is 5.02 Å². The largest absolute Gasteiger partial charge is 0.396 e. The lowest BCUT2D eigenvalue weighted by Gasteiger charge is -2.30. The minimum absolute atomic E-state index is 0.101. The molecule has 5 aromatic rings. The molecule has 1 saturated carbocycles. The number of nitrogens with zero attached hydrogens (tertiary/aromatic N) is 7. The van der Waals surface area contributed by atoms with Crippen molar-refractivity contribution in [3.05, 3.63) is 91.0 Å². The van der Waals surface area contributed by atoms with Gasteiger partial charge in [-0.15, -0.1) is 0 Å². The summed E-state index contributed by atoms with van der Waals surface area (Å²) in [5.41, 5.74) is 0.962. The van der Waals surface area contributed by atoms with Crippen LogP contribution < -0.4 is 26.4 Å². The Bertz CT molecular complexity index is 2710. The van der Waals surface area contributed by atoms with Crippen molar-refractivity contribution in [1.82, 2.24) is 43.8 Å². The summed E-state index contributed by atoms with van der Waals surface area (Å²) in [7, 11) is -6.24. The summed E-state index contributed by atoms with van der Waals surface area (Å²) in [5, 5.41) is 28.8. The van der Waals surface area contributed by atoms with Crippen LogP contribution in [0.5, 0.6) is 0 Å². The van der Waals surface area contributed by atoms with E-state index in [0.29, 0.717) is 44.8 Å². The van der Waals surface area contributed by atoms with Crippen LogP contribution in [0.1, 0.15) is 43.9 Å². The zero-order chi connectivity index (χ0) is 41.9. The normalized spacial score (nSPS) is 19.8. The number of aliphatic hydroxyl groups excluding tert-OH is 1. The van der Waals surface area contributed by atoms with E-state index in [0.717, 1.165) is 30.7 Å². The fourth-order valence-corrected chi connectivity index (χ4v) is 9.79. The van der Waals surface area contributed by atoms with E-state index in [9.17, 15) is 36.5 Å². The molecule has 0 spiro atoms. The number of hydrogen-bond donors (Lipinski definition) is 6. The molecule has 0 saturated heterocycles. The third-order valence-electron chi connectivity index (χ3n) is 9.12. The fourth-order valence-electron chi connectivity index (χ4n) is 6.33. The van der Waals surface area contributed by atoms with E-state index in [1.54, 1.807) is 30.7 Å². The lowest BCUT2D eigenvalue weighted by Crippen LogP contribution is -2.45. The number of hydrogen-bond acceptors (Lipinski definition) is 16. The molecule has 7 N–H and O–H groups in total. The first-order chi connectivity index (χ1) is 27.4. The highest BCUT2D eigenvalue weighted by Gasteiger charge is 2.33. The molecule has 2 aliphatic heterocycles. The minimum atomic E-state index is -4.10. The Kier molecular flexibility index (Phi) is 12.8. The zero-order valence-corrected chi connectivity index (χ0v) is 33.8. The number of halogens is 1. The summed E-state index contributed by atoms with van der Waals surface area (Å²) in [6, 6.07) is 2.30. The van der Waals surface area contributed by atoms with Gasteiger partial charge in [-0.2, -0.15) is 4.72 Å². The van der Waals surface area contributed by atoms with Gasteiger partial charge < -0.3 is 34.8 Å². The van der Waals surface area contributed by atoms with Crippen LogP contribution in [-0.2, 0) is 31.8 Å². The lowest BCUT2D eigenvalue weighted by atomic mass is 10.0. The second-order valence-electron chi connectivity index (χ2n) is 13.3. The maximum atomic E-state index is 12.4. The number of nitrogens with two attached hydrogens (primary N) is 1. The summed E-state index contributed by atoms with van der Waals surface area (Å²) >= 11 is 7.09. The van der Waals surface area contributed by atoms with Crippen molar-refractivity contribution in [3.63, 3.8) is 0 Å². The van der Waals surface area contributed by atoms with Crippen LogP contribution in [0.3, 0.4) is 0 Å². The predicted molar refractivity (Wildman–Crippen MR) is 209 cm³/mol. The van der Waals surface area contributed by atoms with E-state index in [4.69, 9.17) is 26.6 Å². The first kappa shape index (κ1) is 42.6. The fraction of sp³-hybridized carbons (Fsp3) is 0.375. The van der Waals surface area contributed by atoms with E-state index in [-0.39, 0.29) is 22.3 Å². The highest BCUT2D eigenvalue weighted by Crippen LogP contribution is 2.37. The lowest BCUT2D eigenvalue weighted by molar-refractivity contribution is -0.392. The van der Waals surface area contributed by atoms with Gasteiger partial charge in [0.15, 0.2) is 16.9 Å². The van der Waals surface area contributed by atoms with E-state index in [1.165, 1.54) is 48.7 Å². The topological polar surface area (TPSA) is 318 Å². The van der Waals surface area contributed by atoms with Gasteiger partial charge in [-0.25, -0.2) is 41.7 Å². The molecule has 1 aromatic carbocycles. The first-order valence-corrected chi connectivity index (χ1v) is 21.6. The van der Waals surface area contributed by atoms with Crippen molar-refractivity contribution in [1.29, 1.82) is 0 Å². The smallest absolute Gasteiger partial charge is 0.393 e. The van der Waals surface area contributed by atoms with Gasteiger partial charge in [0.1, 0.15) is 32.8 Å². The van der Waals surface area contributed by atoms with Gasteiger partial charge in [-0.1, -0.05) is 43.4 Å². The Balaban J connectivity index is 0.000000149. The summed E-state index contributed by atoms with van der Waals surface area (Å²) in [4.78, 5) is 53.5. The number of nitro groups is 1. The number of aromatic nitrogens is 8. The molecule has 26 heteroatoms. The van der Waals surface area contributed by atoms with Crippen LogP contribution in [0, 0.1) is 23.0 Å². The van der Waals surface area contributed by atoms with Gasteiger partial charge in [-0.3, -0.25) is 14.3 Å². The Morgan fingerprint density at radius 2 is 1.90 bits per heavy atom. The molecule has 0 radical (unpaired) electrons. The molecule has 6 heterocycles. The van der Waals surface area contributed by atoms with Crippen LogP contribution in [0.15, 0.2) is 78.9 Å². The second-order valence-corrected chi connectivity index (χ2v) is 17.9. The SMILES string of the molecule is Cc1cn([C@H]2C=C[C@@H](CO)O2)c(=O)[nH]c1=O.Cn1cnc([N+](=O)[O-])c1Sc1ncnc2nc[nH]c12.NS(=O)(=O)c1cc2c(cc1Cl)NC(CC1CCCC1)NS2(=O)=O. The molecule has 3 aliphatic rings. The van der Waals surface area contributed by atoms with Crippen LogP contribution in [0.4, 0.5) is 11.5 Å². The molecule has 1 aliphatic carbocycles. The summed E-state index contributed by atoms with van der Waals surface area (Å²) < 4.78 is 58.6. The average Bonchev–Trinajstić information content (AvgIpc) is 3.99. The van der Waals surface area contributed by atoms with Gasteiger partial charge in [0.25, 0.3) is 5.56 Å². The highest BCUT2D eigenvalue weighted by molar-refractivity contribution is 7.99.